The first-order chi connectivity index (χ1) is 12.1. The van der Waals surface area contributed by atoms with E-state index in [-0.39, 0.29) is 12.1 Å². The van der Waals surface area contributed by atoms with E-state index in [0.29, 0.717) is 32.3 Å². The van der Waals surface area contributed by atoms with Crippen LogP contribution in [0.15, 0.2) is 54.6 Å². The second-order valence-corrected chi connectivity index (χ2v) is 6.62. The smallest absolute Gasteiger partial charge is 0.303 e. The van der Waals surface area contributed by atoms with Gasteiger partial charge in [0.15, 0.2) is 0 Å². The van der Waals surface area contributed by atoms with Gasteiger partial charge in [0, 0.05) is 6.92 Å². The molecule has 3 rings (SSSR count). The highest BCUT2D eigenvalue weighted by Crippen LogP contribution is 2.41. The largest absolute Gasteiger partial charge is 0.489 e. The van der Waals surface area contributed by atoms with Crippen LogP contribution in [0, 0.1) is 0 Å². The monoisotopic (exact) mass is 340 g/mol. The van der Waals surface area contributed by atoms with Crippen molar-refractivity contribution in [1.82, 2.24) is 0 Å². The Morgan fingerprint density at radius 1 is 1.12 bits per heavy atom. The molecule has 132 valence electrons. The summed E-state index contributed by atoms with van der Waals surface area (Å²) in [5.41, 5.74) is 1.36. The Morgan fingerprint density at radius 2 is 1.84 bits per heavy atom. The number of hydrogen-bond acceptors (Lipinski definition) is 4. The van der Waals surface area contributed by atoms with Crippen molar-refractivity contribution in [2.75, 3.05) is 0 Å². The Kier molecular flexibility index (Phi) is 5.39. The zero-order valence-corrected chi connectivity index (χ0v) is 14.5. The minimum Gasteiger partial charge on any atom is -0.489 e. The van der Waals surface area contributed by atoms with Crippen molar-refractivity contribution in [2.24, 2.45) is 0 Å². The van der Waals surface area contributed by atoms with Gasteiger partial charge in [-0.1, -0.05) is 42.5 Å². The van der Waals surface area contributed by atoms with Crippen molar-refractivity contribution >= 4 is 5.97 Å². The van der Waals surface area contributed by atoms with E-state index in [1.807, 2.05) is 54.6 Å². The molecule has 2 aromatic carbocycles. The van der Waals surface area contributed by atoms with Crippen LogP contribution in [0.25, 0.3) is 0 Å². The summed E-state index contributed by atoms with van der Waals surface area (Å²) >= 11 is 0. The molecule has 0 heterocycles. The number of carbonyl (C=O) groups excluding carboxylic acids is 1. The van der Waals surface area contributed by atoms with Gasteiger partial charge >= 0.3 is 5.97 Å². The molecule has 0 spiro atoms. The van der Waals surface area contributed by atoms with Gasteiger partial charge in [0.05, 0.1) is 6.10 Å². The third-order valence-electron chi connectivity index (χ3n) is 4.71. The fourth-order valence-electron chi connectivity index (χ4n) is 3.40. The minimum absolute atomic E-state index is 0.299. The Balaban J connectivity index is 1.79. The highest BCUT2D eigenvalue weighted by molar-refractivity contribution is 5.67. The normalized spacial score (nSPS) is 23.0. The van der Waals surface area contributed by atoms with E-state index in [1.165, 1.54) is 6.92 Å². The molecule has 0 aliphatic heterocycles. The maximum Gasteiger partial charge on any atom is 0.303 e. The van der Waals surface area contributed by atoms with Crippen LogP contribution in [0.1, 0.15) is 43.7 Å². The van der Waals surface area contributed by atoms with Crippen molar-refractivity contribution in [3.05, 3.63) is 65.7 Å². The fourth-order valence-corrected chi connectivity index (χ4v) is 3.40. The third-order valence-corrected chi connectivity index (χ3v) is 4.71. The average molecular weight is 340 g/mol. The summed E-state index contributed by atoms with van der Waals surface area (Å²) in [5, 5.41) is 9.82. The maximum atomic E-state index is 11.7. The van der Waals surface area contributed by atoms with Crippen LogP contribution < -0.4 is 4.74 Å². The van der Waals surface area contributed by atoms with Gasteiger partial charge in [-0.3, -0.25) is 4.79 Å². The zero-order chi connectivity index (χ0) is 17.7. The molecular formula is C21H24O4. The molecule has 25 heavy (non-hydrogen) atoms. The lowest BCUT2D eigenvalue weighted by atomic mass is 9.78. The predicted molar refractivity (Wildman–Crippen MR) is 95.1 cm³/mol. The van der Waals surface area contributed by atoms with E-state index in [1.54, 1.807) is 0 Å². The Hall–Kier alpha value is -2.33. The summed E-state index contributed by atoms with van der Waals surface area (Å²) in [4.78, 5) is 11.7. The molecule has 0 amide bonds. The van der Waals surface area contributed by atoms with Crippen molar-refractivity contribution in [3.8, 4) is 5.75 Å². The fraction of sp³-hybridized carbons (Fsp3) is 0.381. The number of hydrogen-bond donors (Lipinski definition) is 1. The Morgan fingerprint density at radius 3 is 2.52 bits per heavy atom. The van der Waals surface area contributed by atoms with Crippen LogP contribution in [0.5, 0.6) is 5.75 Å². The summed E-state index contributed by atoms with van der Waals surface area (Å²) in [7, 11) is 0. The van der Waals surface area contributed by atoms with E-state index in [0.717, 1.165) is 16.9 Å². The van der Waals surface area contributed by atoms with Crippen LogP contribution in [-0.2, 0) is 21.7 Å². The van der Waals surface area contributed by atoms with E-state index in [9.17, 15) is 9.90 Å². The van der Waals surface area contributed by atoms with Gasteiger partial charge < -0.3 is 14.6 Å². The predicted octanol–water partition coefficient (Wildman–Crippen LogP) is 3.96. The summed E-state index contributed by atoms with van der Waals surface area (Å²) in [6, 6.07) is 17.7. The molecule has 0 radical (unpaired) electrons. The Bertz CT molecular complexity index is 703. The van der Waals surface area contributed by atoms with Gasteiger partial charge in [-0.15, -0.1) is 0 Å². The average Bonchev–Trinajstić information content (AvgIpc) is 2.63. The summed E-state index contributed by atoms with van der Waals surface area (Å²) in [6.45, 7) is 1.92. The molecule has 1 fully saturated rings. The maximum absolute atomic E-state index is 11.7. The van der Waals surface area contributed by atoms with Crippen molar-refractivity contribution in [3.63, 3.8) is 0 Å². The highest BCUT2D eigenvalue weighted by Gasteiger charge is 2.39. The van der Waals surface area contributed by atoms with Gasteiger partial charge in [-0.05, 0) is 48.9 Å². The van der Waals surface area contributed by atoms with Gasteiger partial charge in [-0.2, -0.15) is 0 Å². The lowest BCUT2D eigenvalue weighted by Crippen LogP contribution is -2.37. The van der Waals surface area contributed by atoms with Crippen molar-refractivity contribution in [2.45, 2.75) is 50.9 Å². The number of benzene rings is 2. The molecule has 1 aliphatic carbocycles. The Labute approximate surface area is 148 Å². The van der Waals surface area contributed by atoms with E-state index in [4.69, 9.17) is 9.47 Å². The first kappa shape index (κ1) is 17.5. The van der Waals surface area contributed by atoms with E-state index < -0.39 is 5.60 Å². The van der Waals surface area contributed by atoms with E-state index in [2.05, 4.69) is 0 Å². The molecule has 1 N–H and O–H groups in total. The molecule has 1 saturated carbocycles. The molecule has 2 aromatic rings. The molecule has 0 bridgehead atoms. The summed E-state index contributed by atoms with van der Waals surface area (Å²) in [5.74, 6) is 0.450. The first-order valence-electron chi connectivity index (χ1n) is 8.72. The minimum atomic E-state index is -0.669. The molecule has 0 aromatic heterocycles. The molecular weight excluding hydrogens is 316 g/mol. The van der Waals surface area contributed by atoms with E-state index >= 15 is 0 Å². The van der Waals surface area contributed by atoms with Gasteiger partial charge in [0.1, 0.15) is 18.0 Å². The first-order valence-corrected chi connectivity index (χ1v) is 8.72. The molecule has 0 atom stereocenters. The van der Waals surface area contributed by atoms with Crippen LogP contribution in [0.4, 0.5) is 0 Å². The number of aliphatic hydroxyl groups is 1. The van der Waals surface area contributed by atoms with Crippen LogP contribution in [0.2, 0.25) is 0 Å². The highest BCUT2D eigenvalue weighted by atomic mass is 16.6. The lowest BCUT2D eigenvalue weighted by molar-refractivity contribution is -0.164. The molecule has 4 heteroatoms. The molecule has 4 nitrogen and oxygen atoms in total. The van der Waals surface area contributed by atoms with Gasteiger partial charge in [-0.25, -0.2) is 0 Å². The molecule has 1 aliphatic rings. The topological polar surface area (TPSA) is 55.8 Å². The second kappa shape index (κ2) is 7.70. The van der Waals surface area contributed by atoms with Crippen molar-refractivity contribution < 1.29 is 19.4 Å². The van der Waals surface area contributed by atoms with Crippen LogP contribution >= 0.6 is 0 Å². The molecule has 0 saturated heterocycles. The number of ether oxygens (including phenoxy) is 2. The van der Waals surface area contributed by atoms with Gasteiger partial charge in [0.2, 0.25) is 0 Å². The standard InChI is InChI=1S/C21H24O4/c1-16(22)25-21(12-10-19(23)11-13-21)18-8-5-9-20(14-18)24-15-17-6-3-2-4-7-17/h2-9,14,19,23H,10-13,15H2,1H3. The number of esters is 1. The SMILES string of the molecule is CC(=O)OC1(c2cccc(OCc3ccccc3)c2)CCC(O)CC1. The second-order valence-electron chi connectivity index (χ2n) is 6.62. The number of rotatable bonds is 5. The third kappa shape index (κ3) is 4.40. The van der Waals surface area contributed by atoms with Gasteiger partial charge in [0.25, 0.3) is 0 Å². The number of aliphatic hydroxyl groups excluding tert-OH is 1. The quantitative estimate of drug-likeness (QED) is 0.837. The van der Waals surface area contributed by atoms with Crippen LogP contribution in [0.3, 0.4) is 0 Å². The lowest BCUT2D eigenvalue weighted by Gasteiger charge is -2.38. The zero-order valence-electron chi connectivity index (χ0n) is 14.5. The summed E-state index contributed by atoms with van der Waals surface area (Å²) < 4.78 is 11.6. The van der Waals surface area contributed by atoms with Crippen LogP contribution in [-0.4, -0.2) is 17.2 Å². The summed E-state index contributed by atoms with van der Waals surface area (Å²) in [6.07, 6.45) is 2.18. The molecule has 0 unspecified atom stereocenters. The van der Waals surface area contributed by atoms with Crippen molar-refractivity contribution in [1.29, 1.82) is 0 Å². The number of carbonyl (C=O) groups is 1.